The molecule has 5 rings (SSSR count). The maximum absolute atomic E-state index is 15.2. The first-order valence-electron chi connectivity index (χ1n) is 14.9. The molecule has 1 saturated heterocycles. The molecule has 1 aliphatic carbocycles. The Morgan fingerprint density at radius 3 is 2.44 bits per heavy atom. The molecule has 43 heavy (non-hydrogen) atoms. The van der Waals surface area contributed by atoms with E-state index >= 15 is 4.39 Å². The minimum Gasteiger partial charge on any atom is -0.367 e. The van der Waals surface area contributed by atoms with Crippen molar-refractivity contribution in [3.05, 3.63) is 81.5 Å². The number of aromatic amines is 1. The molecular formula is C32H37F4N5O2. The number of H-pyrrole nitrogens is 1. The summed E-state index contributed by atoms with van der Waals surface area (Å²) >= 11 is 0. The first-order chi connectivity index (χ1) is 20.6. The summed E-state index contributed by atoms with van der Waals surface area (Å²) < 4.78 is 56.4. The summed E-state index contributed by atoms with van der Waals surface area (Å²) in [5.74, 6) is -1.47. The number of hydrogen-bond acceptors (Lipinski definition) is 5. The fraction of sp³-hybridized carbons (Fsp3) is 0.438. The Morgan fingerprint density at radius 2 is 1.74 bits per heavy atom. The lowest BCUT2D eigenvalue weighted by molar-refractivity contribution is -0.138. The highest BCUT2D eigenvalue weighted by molar-refractivity contribution is 6.07. The fourth-order valence-corrected chi connectivity index (χ4v) is 5.94. The maximum Gasteiger partial charge on any atom is 0.417 e. The van der Waals surface area contributed by atoms with Gasteiger partial charge in [-0.3, -0.25) is 9.59 Å². The van der Waals surface area contributed by atoms with Gasteiger partial charge in [0.2, 0.25) is 5.56 Å². The van der Waals surface area contributed by atoms with Gasteiger partial charge >= 0.3 is 6.18 Å². The van der Waals surface area contributed by atoms with Crippen LogP contribution in [0.1, 0.15) is 60.5 Å². The topological polar surface area (TPSA) is 80.5 Å². The number of alkyl halides is 3. The number of aromatic nitrogens is 1. The molecule has 0 unspecified atom stereocenters. The van der Waals surface area contributed by atoms with E-state index in [1.54, 1.807) is 30.3 Å². The van der Waals surface area contributed by atoms with E-state index in [1.807, 2.05) is 0 Å². The molecule has 1 aromatic heterocycles. The summed E-state index contributed by atoms with van der Waals surface area (Å²) in [5, 5.41) is 6.21. The highest BCUT2D eigenvalue weighted by Gasteiger charge is 2.36. The number of nitrogens with zero attached hydrogens (tertiary/aromatic N) is 2. The monoisotopic (exact) mass is 599 g/mol. The molecule has 0 radical (unpaired) electrons. The van der Waals surface area contributed by atoms with E-state index in [-0.39, 0.29) is 5.69 Å². The highest BCUT2D eigenvalue weighted by Crippen LogP contribution is 2.36. The van der Waals surface area contributed by atoms with Crippen LogP contribution in [0.5, 0.6) is 0 Å². The zero-order valence-electron chi connectivity index (χ0n) is 24.2. The van der Waals surface area contributed by atoms with Crippen LogP contribution in [0.3, 0.4) is 0 Å². The molecule has 3 aromatic rings. The van der Waals surface area contributed by atoms with E-state index in [0.717, 1.165) is 44.2 Å². The SMILES string of the molecule is CCN1CCN(c2ccc(-c3cc(CNC4CCCCC4)ccc3F)cc2NC(=O)c2c[nH]c(=O)cc2C(F)(F)F)CC1. The zero-order valence-corrected chi connectivity index (χ0v) is 24.2. The number of piperazine rings is 1. The number of amides is 1. The lowest BCUT2D eigenvalue weighted by atomic mass is 9.95. The number of hydrogen-bond donors (Lipinski definition) is 3. The van der Waals surface area contributed by atoms with Crippen LogP contribution in [0.2, 0.25) is 0 Å². The molecule has 2 heterocycles. The van der Waals surface area contributed by atoms with Gasteiger partial charge in [0, 0.05) is 56.6 Å². The lowest BCUT2D eigenvalue weighted by Gasteiger charge is -2.36. The van der Waals surface area contributed by atoms with Crippen molar-refractivity contribution in [2.45, 2.75) is 57.8 Å². The number of pyridine rings is 1. The molecule has 1 saturated carbocycles. The number of nitrogens with one attached hydrogen (secondary N) is 3. The molecule has 0 bridgehead atoms. The van der Waals surface area contributed by atoms with Crippen molar-refractivity contribution in [3.8, 4) is 11.1 Å². The number of anilines is 2. The van der Waals surface area contributed by atoms with Gasteiger partial charge < -0.3 is 25.4 Å². The van der Waals surface area contributed by atoms with Crippen molar-refractivity contribution in [1.29, 1.82) is 0 Å². The second-order valence-corrected chi connectivity index (χ2v) is 11.3. The number of rotatable bonds is 8. The van der Waals surface area contributed by atoms with Crippen molar-refractivity contribution in [2.24, 2.45) is 0 Å². The van der Waals surface area contributed by atoms with Crippen LogP contribution in [-0.2, 0) is 12.7 Å². The number of carbonyl (C=O) groups is 1. The Kier molecular flexibility index (Phi) is 9.51. The van der Waals surface area contributed by atoms with Crippen molar-refractivity contribution in [2.75, 3.05) is 42.9 Å². The van der Waals surface area contributed by atoms with Crippen molar-refractivity contribution in [3.63, 3.8) is 0 Å². The molecule has 7 nitrogen and oxygen atoms in total. The predicted octanol–water partition coefficient (Wildman–Crippen LogP) is 6.02. The first-order valence-corrected chi connectivity index (χ1v) is 14.9. The second kappa shape index (κ2) is 13.3. The lowest BCUT2D eigenvalue weighted by Crippen LogP contribution is -2.46. The third kappa shape index (κ3) is 7.45. The molecule has 1 amide bonds. The van der Waals surface area contributed by atoms with Crippen LogP contribution in [0.4, 0.5) is 28.9 Å². The fourth-order valence-electron chi connectivity index (χ4n) is 5.94. The predicted molar refractivity (Wildman–Crippen MR) is 160 cm³/mol. The van der Waals surface area contributed by atoms with Gasteiger partial charge in [-0.15, -0.1) is 0 Å². The number of carbonyl (C=O) groups excluding carboxylic acids is 1. The summed E-state index contributed by atoms with van der Waals surface area (Å²) in [6.45, 7) is 6.44. The normalized spacial score (nSPS) is 16.8. The van der Waals surface area contributed by atoms with Crippen molar-refractivity contribution >= 4 is 17.3 Å². The van der Waals surface area contributed by atoms with Gasteiger partial charge in [-0.05, 0) is 54.8 Å². The summed E-state index contributed by atoms with van der Waals surface area (Å²) in [6, 6.07) is 10.9. The number of halogens is 4. The maximum atomic E-state index is 15.2. The van der Waals surface area contributed by atoms with Gasteiger partial charge in [0.1, 0.15) is 5.82 Å². The third-order valence-corrected chi connectivity index (χ3v) is 8.42. The van der Waals surface area contributed by atoms with Gasteiger partial charge in [0.25, 0.3) is 5.91 Å². The molecule has 0 spiro atoms. The summed E-state index contributed by atoms with van der Waals surface area (Å²) in [4.78, 5) is 31.4. The molecule has 3 N–H and O–H groups in total. The van der Waals surface area contributed by atoms with E-state index in [1.165, 1.54) is 25.3 Å². The van der Waals surface area contributed by atoms with Crippen LogP contribution in [0.25, 0.3) is 11.1 Å². The van der Waals surface area contributed by atoms with E-state index in [2.05, 4.69) is 32.3 Å². The van der Waals surface area contributed by atoms with Crippen LogP contribution in [0, 0.1) is 5.82 Å². The quantitative estimate of drug-likeness (QED) is 0.276. The van der Waals surface area contributed by atoms with E-state index in [0.29, 0.717) is 48.6 Å². The Morgan fingerprint density at radius 1 is 1.00 bits per heavy atom. The summed E-state index contributed by atoms with van der Waals surface area (Å²) in [6.07, 6.45) is 1.76. The molecule has 2 aromatic carbocycles. The smallest absolute Gasteiger partial charge is 0.367 e. The van der Waals surface area contributed by atoms with E-state index in [9.17, 15) is 22.8 Å². The Bertz CT molecular complexity index is 1490. The number of benzene rings is 2. The van der Waals surface area contributed by atoms with Crippen LogP contribution in [0.15, 0.2) is 53.5 Å². The Hall–Kier alpha value is -3.70. The van der Waals surface area contributed by atoms with Crippen LogP contribution >= 0.6 is 0 Å². The van der Waals surface area contributed by atoms with Gasteiger partial charge in [-0.2, -0.15) is 13.2 Å². The van der Waals surface area contributed by atoms with Crippen LogP contribution in [-0.4, -0.2) is 54.6 Å². The molecule has 0 atom stereocenters. The minimum absolute atomic E-state index is 0.261. The zero-order chi connectivity index (χ0) is 30.6. The van der Waals surface area contributed by atoms with Gasteiger partial charge in [-0.25, -0.2) is 4.39 Å². The molecular weight excluding hydrogens is 562 g/mol. The molecule has 11 heteroatoms. The Labute approximate surface area is 248 Å². The number of likely N-dealkylation sites (N-methyl/N-ethyl adjacent to an activating group) is 1. The largest absolute Gasteiger partial charge is 0.417 e. The van der Waals surface area contributed by atoms with E-state index < -0.39 is 34.6 Å². The minimum atomic E-state index is -4.91. The van der Waals surface area contributed by atoms with Gasteiger partial charge in [0.05, 0.1) is 22.5 Å². The molecule has 1 aliphatic heterocycles. The average Bonchev–Trinajstić information content (AvgIpc) is 3.00. The molecule has 230 valence electrons. The average molecular weight is 600 g/mol. The summed E-state index contributed by atoms with van der Waals surface area (Å²) in [7, 11) is 0. The van der Waals surface area contributed by atoms with Gasteiger partial charge in [-0.1, -0.05) is 38.3 Å². The highest BCUT2D eigenvalue weighted by atomic mass is 19.4. The second-order valence-electron chi connectivity index (χ2n) is 11.3. The first kappa shape index (κ1) is 30.7. The van der Waals surface area contributed by atoms with Crippen molar-refractivity contribution in [1.82, 2.24) is 15.2 Å². The third-order valence-electron chi connectivity index (χ3n) is 8.42. The van der Waals surface area contributed by atoms with E-state index in [4.69, 9.17) is 0 Å². The Balaban J connectivity index is 1.47. The van der Waals surface area contributed by atoms with Gasteiger partial charge in [0.15, 0.2) is 0 Å². The standard InChI is InChI=1S/C32H37F4N5O2/c1-2-40-12-14-41(15-13-40)29-11-9-22(24-16-21(8-10-27(24)33)19-37-23-6-4-3-5-7-23)17-28(29)39-31(43)25-20-38-30(42)18-26(25)32(34,35)36/h8-11,16-18,20,23,37H,2-7,12-15,19H2,1H3,(H,38,42)(H,39,43). The molecule has 2 fully saturated rings. The summed E-state index contributed by atoms with van der Waals surface area (Å²) in [5.41, 5.74) is -0.377. The van der Waals surface area contributed by atoms with Crippen molar-refractivity contribution < 1.29 is 22.4 Å². The van der Waals surface area contributed by atoms with Crippen LogP contribution < -0.4 is 21.1 Å². The molecule has 2 aliphatic rings.